The van der Waals surface area contributed by atoms with Crippen LogP contribution in [0.5, 0.6) is 0 Å². The number of nitrogens with one attached hydrogen (secondary N) is 1. The maximum absolute atomic E-state index is 6.27. The molecule has 0 aromatic rings. The molecule has 6 nitrogen and oxygen atoms in total. The highest BCUT2D eigenvalue weighted by Crippen LogP contribution is 2.40. The maximum atomic E-state index is 6.27. The zero-order valence-corrected chi connectivity index (χ0v) is 22.7. The zero-order valence-electron chi connectivity index (χ0n) is 22.7. The molecule has 1 N–H and O–H groups in total. The lowest BCUT2D eigenvalue weighted by molar-refractivity contribution is -0.223. The summed E-state index contributed by atoms with van der Waals surface area (Å²) in [6, 6.07) is 0.0521. The van der Waals surface area contributed by atoms with Gasteiger partial charge in [-0.15, -0.1) is 0 Å². The number of rotatable bonds is 17. The third-order valence-electron chi connectivity index (χ3n) is 7.39. The lowest BCUT2D eigenvalue weighted by atomic mass is 10.0. The predicted molar refractivity (Wildman–Crippen MR) is 136 cm³/mol. The molecule has 3 heterocycles. The van der Waals surface area contributed by atoms with Crippen LogP contribution in [0.2, 0.25) is 0 Å². The van der Waals surface area contributed by atoms with Gasteiger partial charge in [0, 0.05) is 0 Å². The number of ether oxygens (including phenoxy) is 5. The predicted octanol–water partition coefficient (Wildman–Crippen LogP) is 6.45. The van der Waals surface area contributed by atoms with Crippen LogP contribution in [0.15, 0.2) is 0 Å². The molecule has 200 valence electrons. The molecule has 3 aliphatic heterocycles. The van der Waals surface area contributed by atoms with Crippen LogP contribution < -0.4 is 5.32 Å². The molecule has 0 saturated carbocycles. The Hall–Kier alpha value is -0.240. The Morgan fingerprint density at radius 3 is 1.74 bits per heavy atom. The molecule has 3 saturated heterocycles. The van der Waals surface area contributed by atoms with Crippen LogP contribution in [-0.4, -0.2) is 55.4 Å². The Labute approximate surface area is 209 Å². The standard InChI is InChI=1S/C28H53NO5/c1-6-7-8-9-10-11-12-13-14-15-16-17-18-19-20-29-23-24(22-21-30-27(2,3)32-22)31-26-25(23)33-28(4,5)34-26/h22-26,29H,6-21H2,1-5H3/t22-,23-,24-,25-,26-/m1/s1. The largest absolute Gasteiger partial charge is 0.348 e. The van der Waals surface area contributed by atoms with E-state index in [0.29, 0.717) is 6.61 Å². The number of fused-ring (bicyclic) bond motifs is 1. The SMILES string of the molecule is CCCCCCCCCCCCCCCCN[C@H]1[C@H]2OC(C)(C)O[C@H]2O[C@@H]1[C@H]1COC(C)(C)O1. The minimum Gasteiger partial charge on any atom is -0.348 e. The van der Waals surface area contributed by atoms with Crippen LogP contribution in [0.3, 0.4) is 0 Å². The Balaban J connectivity index is 1.25. The van der Waals surface area contributed by atoms with Crippen molar-refractivity contribution in [3.8, 4) is 0 Å². The molecule has 3 aliphatic rings. The molecule has 0 aliphatic carbocycles. The molecule has 0 bridgehead atoms. The van der Waals surface area contributed by atoms with Crippen molar-refractivity contribution in [1.29, 1.82) is 0 Å². The van der Waals surface area contributed by atoms with Crippen LogP contribution in [-0.2, 0) is 23.7 Å². The lowest BCUT2D eigenvalue weighted by Crippen LogP contribution is -2.51. The third kappa shape index (κ3) is 9.01. The summed E-state index contributed by atoms with van der Waals surface area (Å²) in [5, 5.41) is 3.72. The summed E-state index contributed by atoms with van der Waals surface area (Å²) in [6.45, 7) is 11.6. The van der Waals surface area contributed by atoms with E-state index in [1.807, 2.05) is 27.7 Å². The highest BCUT2D eigenvalue weighted by atomic mass is 16.8. The summed E-state index contributed by atoms with van der Waals surface area (Å²) in [7, 11) is 0. The molecular weight excluding hydrogens is 430 g/mol. The molecule has 0 aromatic heterocycles. The second-order valence-electron chi connectivity index (χ2n) is 11.5. The van der Waals surface area contributed by atoms with Crippen molar-refractivity contribution in [1.82, 2.24) is 5.32 Å². The second kappa shape index (κ2) is 13.9. The van der Waals surface area contributed by atoms with E-state index in [0.717, 1.165) is 6.54 Å². The first-order chi connectivity index (χ1) is 16.3. The van der Waals surface area contributed by atoms with E-state index in [1.165, 1.54) is 89.9 Å². The minimum atomic E-state index is -0.610. The molecule has 3 rings (SSSR count). The Morgan fingerprint density at radius 1 is 0.647 bits per heavy atom. The topological polar surface area (TPSA) is 58.2 Å². The van der Waals surface area contributed by atoms with Gasteiger partial charge in [0.1, 0.15) is 18.3 Å². The summed E-state index contributed by atoms with van der Waals surface area (Å²) in [5.74, 6) is -1.17. The second-order valence-corrected chi connectivity index (χ2v) is 11.5. The highest BCUT2D eigenvalue weighted by molar-refractivity contribution is 5.01. The maximum Gasteiger partial charge on any atom is 0.189 e. The van der Waals surface area contributed by atoms with Crippen molar-refractivity contribution in [3.05, 3.63) is 0 Å². The number of hydrogen-bond donors (Lipinski definition) is 1. The average molecular weight is 484 g/mol. The van der Waals surface area contributed by atoms with Gasteiger partial charge in [-0.25, -0.2) is 0 Å². The fourth-order valence-electron chi connectivity index (χ4n) is 5.55. The van der Waals surface area contributed by atoms with Crippen LogP contribution in [0.1, 0.15) is 125 Å². The van der Waals surface area contributed by atoms with E-state index in [9.17, 15) is 0 Å². The smallest absolute Gasteiger partial charge is 0.189 e. The Morgan fingerprint density at radius 2 is 1.21 bits per heavy atom. The molecule has 0 spiro atoms. The first kappa shape index (κ1) is 28.3. The zero-order chi connectivity index (χ0) is 24.4. The Bertz CT molecular complexity index is 569. The number of hydrogen-bond acceptors (Lipinski definition) is 6. The average Bonchev–Trinajstić information content (AvgIpc) is 3.39. The molecule has 0 radical (unpaired) electrons. The molecule has 0 amide bonds. The lowest BCUT2D eigenvalue weighted by Gasteiger charge is -2.29. The van der Waals surface area contributed by atoms with Gasteiger partial charge in [-0.3, -0.25) is 0 Å². The van der Waals surface area contributed by atoms with Crippen LogP contribution in [0.4, 0.5) is 0 Å². The monoisotopic (exact) mass is 483 g/mol. The molecule has 6 heteroatoms. The summed E-state index contributed by atoms with van der Waals surface area (Å²) in [4.78, 5) is 0. The first-order valence-electron chi connectivity index (χ1n) is 14.4. The van der Waals surface area contributed by atoms with Crippen molar-refractivity contribution in [2.45, 2.75) is 167 Å². The summed E-state index contributed by atoms with van der Waals surface area (Å²) >= 11 is 0. The van der Waals surface area contributed by atoms with Crippen LogP contribution in [0, 0.1) is 0 Å². The van der Waals surface area contributed by atoms with Crippen molar-refractivity contribution in [3.63, 3.8) is 0 Å². The molecule has 0 aromatic carbocycles. The van der Waals surface area contributed by atoms with Gasteiger partial charge in [0.05, 0.1) is 12.6 Å². The summed E-state index contributed by atoms with van der Waals surface area (Å²) in [6.07, 6.45) is 18.6. The van der Waals surface area contributed by atoms with Crippen molar-refractivity contribution in [2.75, 3.05) is 13.2 Å². The van der Waals surface area contributed by atoms with Crippen LogP contribution in [0.25, 0.3) is 0 Å². The van der Waals surface area contributed by atoms with Crippen molar-refractivity contribution in [2.24, 2.45) is 0 Å². The van der Waals surface area contributed by atoms with Gasteiger partial charge in [0.15, 0.2) is 17.9 Å². The van der Waals surface area contributed by atoms with E-state index in [1.54, 1.807) is 0 Å². The fourth-order valence-corrected chi connectivity index (χ4v) is 5.55. The van der Waals surface area contributed by atoms with Crippen LogP contribution >= 0.6 is 0 Å². The summed E-state index contributed by atoms with van der Waals surface area (Å²) in [5.41, 5.74) is 0. The number of unbranched alkanes of at least 4 members (excludes halogenated alkanes) is 13. The van der Waals surface area contributed by atoms with Gasteiger partial charge < -0.3 is 29.0 Å². The van der Waals surface area contributed by atoms with E-state index >= 15 is 0 Å². The third-order valence-corrected chi connectivity index (χ3v) is 7.39. The van der Waals surface area contributed by atoms with Gasteiger partial charge in [0.2, 0.25) is 0 Å². The normalized spacial score (nSPS) is 31.9. The quantitative estimate of drug-likeness (QED) is 0.240. The Kier molecular flexibility index (Phi) is 11.6. The van der Waals surface area contributed by atoms with Gasteiger partial charge in [0.25, 0.3) is 0 Å². The molecule has 0 unspecified atom stereocenters. The molecule has 5 atom stereocenters. The highest BCUT2D eigenvalue weighted by Gasteiger charge is 2.57. The van der Waals surface area contributed by atoms with Crippen molar-refractivity contribution < 1.29 is 23.7 Å². The van der Waals surface area contributed by atoms with Crippen molar-refractivity contribution >= 4 is 0 Å². The van der Waals surface area contributed by atoms with Gasteiger partial charge in [-0.2, -0.15) is 0 Å². The van der Waals surface area contributed by atoms with E-state index in [2.05, 4.69) is 12.2 Å². The van der Waals surface area contributed by atoms with E-state index in [-0.39, 0.29) is 30.6 Å². The fraction of sp³-hybridized carbons (Fsp3) is 1.00. The van der Waals surface area contributed by atoms with E-state index < -0.39 is 11.6 Å². The van der Waals surface area contributed by atoms with Gasteiger partial charge in [-0.05, 0) is 40.7 Å². The minimum absolute atomic E-state index is 0.0521. The first-order valence-corrected chi connectivity index (χ1v) is 14.4. The van der Waals surface area contributed by atoms with Gasteiger partial charge in [-0.1, -0.05) is 90.4 Å². The molecular formula is C28H53NO5. The summed E-state index contributed by atoms with van der Waals surface area (Å²) < 4.78 is 30.4. The molecule has 34 heavy (non-hydrogen) atoms. The van der Waals surface area contributed by atoms with Gasteiger partial charge >= 0.3 is 0 Å². The molecule has 3 fully saturated rings. The van der Waals surface area contributed by atoms with E-state index in [4.69, 9.17) is 23.7 Å².